The largest absolute Gasteiger partial charge is 0.440 e. The van der Waals surface area contributed by atoms with Crippen LogP contribution in [0.15, 0.2) is 0 Å². The van der Waals surface area contributed by atoms with Crippen LogP contribution >= 0.6 is 6.97 Å². The maximum absolute atomic E-state index is 10.3. The van der Waals surface area contributed by atoms with Gasteiger partial charge >= 0.3 is 6.97 Å². The molecule has 0 spiro atoms. The third kappa shape index (κ3) is 137. The van der Waals surface area contributed by atoms with Crippen LogP contribution in [0.5, 0.6) is 0 Å². The summed E-state index contributed by atoms with van der Waals surface area (Å²) < 4.78 is 30.8. The van der Waals surface area contributed by atoms with Gasteiger partial charge in [-0.25, -0.2) is 0 Å². The van der Waals surface area contributed by atoms with Crippen molar-refractivity contribution in [3.63, 3.8) is 0 Å². The van der Waals surface area contributed by atoms with Gasteiger partial charge in [0.1, 0.15) is 0 Å². The minimum atomic E-state index is -5.31. The summed E-state index contributed by atoms with van der Waals surface area (Å²) in [5, 5.41) is 0. The van der Waals surface area contributed by atoms with Crippen LogP contribution in [0.4, 0.5) is 12.6 Å². The van der Waals surface area contributed by atoms with Crippen LogP contribution in [0.3, 0.4) is 0 Å². The van der Waals surface area contributed by atoms with Crippen molar-refractivity contribution >= 4 is 18.8 Å². The Bertz CT molecular complexity index is 53.0. The minimum Gasteiger partial charge on any atom is -0.149 e. The van der Waals surface area contributed by atoms with Crippen molar-refractivity contribution < 1.29 is 12.6 Å². The average molecular weight is 120 g/mol. The zero-order valence-electron chi connectivity index (χ0n) is 1.99. The molecule has 0 nitrogen and oxygen atoms in total. The molecule has 0 amide bonds. The number of hydrogen-bond acceptors (Lipinski definition) is 1. The summed E-state index contributed by atoms with van der Waals surface area (Å²) in [6, 6.07) is 0. The van der Waals surface area contributed by atoms with Crippen LogP contribution in [-0.2, 0) is 11.8 Å². The van der Waals surface area contributed by atoms with E-state index in [2.05, 4.69) is 11.8 Å². The summed E-state index contributed by atoms with van der Waals surface area (Å²) in [5.41, 5.74) is 0. The van der Waals surface area contributed by atoms with Gasteiger partial charge in [0, 0.05) is 11.8 Å². The molecule has 5 heavy (non-hydrogen) atoms. The molecule has 0 aliphatic heterocycles. The fourth-order valence-corrected chi connectivity index (χ4v) is 0. The van der Waals surface area contributed by atoms with E-state index >= 15 is 0 Å². The second-order valence-electron chi connectivity index (χ2n) is 0.399. The lowest BCUT2D eigenvalue weighted by Gasteiger charge is -1.73. The fourth-order valence-electron chi connectivity index (χ4n) is 0. The van der Waals surface area contributed by atoms with Gasteiger partial charge in [-0.1, -0.05) is 0 Å². The van der Waals surface area contributed by atoms with Crippen molar-refractivity contribution in [1.82, 2.24) is 0 Å². The van der Waals surface area contributed by atoms with E-state index in [1.54, 1.807) is 0 Å². The van der Waals surface area contributed by atoms with Crippen molar-refractivity contribution in [2.75, 3.05) is 0 Å². The lowest BCUT2D eigenvalue weighted by Crippen LogP contribution is -1.28. The van der Waals surface area contributed by atoms with Crippen molar-refractivity contribution in [2.45, 2.75) is 0 Å². The van der Waals surface area contributed by atoms with Crippen molar-refractivity contribution in [3.8, 4) is 0 Å². The molecule has 0 aromatic heterocycles. The molecule has 0 aliphatic rings. The van der Waals surface area contributed by atoms with E-state index in [0.29, 0.717) is 0 Å². The highest BCUT2D eigenvalue weighted by atomic mass is 32.5. The van der Waals surface area contributed by atoms with Gasteiger partial charge in [-0.3, -0.25) is 0 Å². The molecule has 0 fully saturated rings. The highest BCUT2D eigenvalue weighted by molar-refractivity contribution is 8.07. The molecule has 0 aliphatic carbocycles. The number of hydrogen-bond donors (Lipinski definition) is 0. The molecule has 5 heteroatoms. The third-order valence-corrected chi connectivity index (χ3v) is 0. The molecule has 0 unspecified atom stereocenters. The summed E-state index contributed by atoms with van der Waals surface area (Å²) >= 11 is 2.94. The SMILES string of the molecule is FP(F)(F)=S. The highest BCUT2D eigenvalue weighted by Gasteiger charge is 2.05. The molecule has 0 rings (SSSR count). The zero-order chi connectivity index (χ0) is 4.50. The summed E-state index contributed by atoms with van der Waals surface area (Å²) in [4.78, 5) is 0. The molecular formula is F3PS. The van der Waals surface area contributed by atoms with Crippen LogP contribution in [0.1, 0.15) is 0 Å². The van der Waals surface area contributed by atoms with Crippen molar-refractivity contribution in [2.24, 2.45) is 0 Å². The second-order valence-corrected chi connectivity index (χ2v) is 2.44. The van der Waals surface area contributed by atoms with E-state index in [0.717, 1.165) is 0 Å². The zero-order valence-corrected chi connectivity index (χ0v) is 3.70. The Morgan fingerprint density at radius 2 is 1.20 bits per heavy atom. The summed E-state index contributed by atoms with van der Waals surface area (Å²) in [6.45, 7) is -5.31. The molecule has 0 heterocycles. The predicted molar refractivity (Wildman–Crippen MR) is 17.6 cm³/mol. The van der Waals surface area contributed by atoms with E-state index < -0.39 is 6.97 Å². The minimum absolute atomic E-state index is 2.94. The van der Waals surface area contributed by atoms with Gasteiger partial charge in [-0.15, -0.1) is 12.6 Å². The molecule has 0 atom stereocenters. The van der Waals surface area contributed by atoms with Gasteiger partial charge in [-0.05, 0) is 0 Å². The number of rotatable bonds is 0. The Hall–Kier alpha value is 0.440. The maximum atomic E-state index is 10.3. The molecular weight excluding hydrogens is 120 g/mol. The Labute approximate surface area is 32.4 Å². The van der Waals surface area contributed by atoms with Crippen molar-refractivity contribution in [3.05, 3.63) is 0 Å². The van der Waals surface area contributed by atoms with Gasteiger partial charge in [0.05, 0.1) is 0 Å². The van der Waals surface area contributed by atoms with E-state index in [9.17, 15) is 12.6 Å². The summed E-state index contributed by atoms with van der Waals surface area (Å²) in [5.74, 6) is 0. The van der Waals surface area contributed by atoms with Crippen LogP contribution in [-0.4, -0.2) is 0 Å². The Morgan fingerprint density at radius 1 is 1.20 bits per heavy atom. The topological polar surface area (TPSA) is 0 Å². The summed E-state index contributed by atoms with van der Waals surface area (Å²) in [7, 11) is 0. The first-order valence-corrected chi connectivity index (χ1v) is 3.16. The van der Waals surface area contributed by atoms with Gasteiger partial charge in [0.25, 0.3) is 0 Å². The van der Waals surface area contributed by atoms with E-state index in [4.69, 9.17) is 0 Å². The molecule has 0 bridgehead atoms. The Kier molecular flexibility index (Phi) is 1.38. The normalized spacial score (nSPS) is 11.8. The Balaban J connectivity index is 3.47. The van der Waals surface area contributed by atoms with E-state index in [1.165, 1.54) is 0 Å². The third-order valence-electron chi connectivity index (χ3n) is 0. The molecule has 32 valence electrons. The van der Waals surface area contributed by atoms with Gasteiger partial charge in [0.15, 0.2) is 0 Å². The van der Waals surface area contributed by atoms with Crippen LogP contribution in [0.25, 0.3) is 0 Å². The Morgan fingerprint density at radius 3 is 1.20 bits per heavy atom. The van der Waals surface area contributed by atoms with Gasteiger partial charge < -0.3 is 0 Å². The van der Waals surface area contributed by atoms with E-state index in [1.807, 2.05) is 0 Å². The standard InChI is InChI=1S/F3PS/c1-4(2,3)5. The first kappa shape index (κ1) is 5.44. The fraction of sp³-hybridized carbons (Fsp3) is 0. The second kappa shape index (κ2) is 1.27. The molecule has 0 saturated heterocycles. The monoisotopic (exact) mass is 120 g/mol. The van der Waals surface area contributed by atoms with Crippen LogP contribution in [0.2, 0.25) is 0 Å². The molecule has 0 radical (unpaired) electrons. The quantitative estimate of drug-likeness (QED) is 0.441. The molecule has 0 saturated carbocycles. The smallest absolute Gasteiger partial charge is 0.149 e. The summed E-state index contributed by atoms with van der Waals surface area (Å²) in [6.07, 6.45) is 0. The molecule has 0 N–H and O–H groups in total. The maximum Gasteiger partial charge on any atom is 0.440 e. The highest BCUT2D eigenvalue weighted by Crippen LogP contribution is 2.50. The predicted octanol–water partition coefficient (Wildman–Crippen LogP) is 2.12. The van der Waals surface area contributed by atoms with E-state index in [-0.39, 0.29) is 0 Å². The first-order chi connectivity index (χ1) is 2.00. The number of halogens is 3. The van der Waals surface area contributed by atoms with Gasteiger partial charge in [-0.2, -0.15) is 0 Å². The van der Waals surface area contributed by atoms with Crippen LogP contribution in [0, 0.1) is 0 Å². The molecule has 0 aromatic carbocycles. The lowest BCUT2D eigenvalue weighted by atomic mass is 18.8. The average Bonchev–Trinajstić information content (AvgIpc) is 0.722. The van der Waals surface area contributed by atoms with Gasteiger partial charge in [0.2, 0.25) is 0 Å². The lowest BCUT2D eigenvalue weighted by molar-refractivity contribution is 0.628. The molecule has 0 aromatic rings. The van der Waals surface area contributed by atoms with Crippen LogP contribution < -0.4 is 0 Å². The first-order valence-electron chi connectivity index (χ1n) is 0.690. The van der Waals surface area contributed by atoms with Crippen molar-refractivity contribution in [1.29, 1.82) is 0 Å².